The maximum Gasteiger partial charge on any atom is 0.0764 e. The fourth-order valence-electron chi connectivity index (χ4n) is 3.45. The SMILES string of the molecule is CNC1CCN(Cc2ccn(C3CCCCC3)n2)C1. The normalized spacial score (nSPS) is 26.1. The van der Waals surface area contributed by atoms with E-state index in [9.17, 15) is 0 Å². The smallest absolute Gasteiger partial charge is 0.0764 e. The van der Waals surface area contributed by atoms with Crippen LogP contribution in [-0.4, -0.2) is 40.9 Å². The Morgan fingerprint density at radius 3 is 2.84 bits per heavy atom. The molecular weight excluding hydrogens is 236 g/mol. The molecule has 0 amide bonds. The molecule has 1 atom stereocenters. The Bertz CT molecular complexity index is 395. The van der Waals surface area contributed by atoms with Crippen molar-refractivity contribution < 1.29 is 0 Å². The van der Waals surface area contributed by atoms with Crippen LogP contribution in [0, 0.1) is 0 Å². The number of likely N-dealkylation sites (tertiary alicyclic amines) is 1. The lowest BCUT2D eigenvalue weighted by Crippen LogP contribution is -2.29. The molecule has 2 aliphatic rings. The highest BCUT2D eigenvalue weighted by molar-refractivity contribution is 5.01. The molecule has 19 heavy (non-hydrogen) atoms. The van der Waals surface area contributed by atoms with Crippen molar-refractivity contribution in [1.82, 2.24) is 20.0 Å². The monoisotopic (exact) mass is 262 g/mol. The van der Waals surface area contributed by atoms with E-state index >= 15 is 0 Å². The van der Waals surface area contributed by atoms with E-state index in [0.717, 1.165) is 13.1 Å². The van der Waals surface area contributed by atoms with E-state index in [1.54, 1.807) is 0 Å². The summed E-state index contributed by atoms with van der Waals surface area (Å²) in [5.74, 6) is 0. The minimum Gasteiger partial charge on any atom is -0.316 e. The van der Waals surface area contributed by atoms with Gasteiger partial charge in [0.05, 0.1) is 11.7 Å². The Balaban J connectivity index is 1.56. The van der Waals surface area contributed by atoms with Gasteiger partial charge in [-0.05, 0) is 32.4 Å². The minimum atomic E-state index is 0.658. The molecule has 0 bridgehead atoms. The second-order valence-corrected chi connectivity index (χ2v) is 6.09. The van der Waals surface area contributed by atoms with Crippen LogP contribution in [-0.2, 0) is 6.54 Å². The van der Waals surface area contributed by atoms with Crippen LogP contribution in [0.25, 0.3) is 0 Å². The molecule has 0 radical (unpaired) electrons. The quantitative estimate of drug-likeness (QED) is 0.903. The van der Waals surface area contributed by atoms with Crippen molar-refractivity contribution in [3.05, 3.63) is 18.0 Å². The van der Waals surface area contributed by atoms with E-state index in [1.807, 2.05) is 0 Å². The fraction of sp³-hybridized carbons (Fsp3) is 0.800. The zero-order valence-electron chi connectivity index (χ0n) is 12.0. The Morgan fingerprint density at radius 1 is 1.26 bits per heavy atom. The molecule has 1 aromatic heterocycles. The summed E-state index contributed by atoms with van der Waals surface area (Å²) in [5, 5.41) is 8.17. The van der Waals surface area contributed by atoms with Crippen molar-refractivity contribution in [2.24, 2.45) is 0 Å². The number of likely N-dealkylation sites (N-methyl/N-ethyl adjacent to an activating group) is 1. The highest BCUT2D eigenvalue weighted by atomic mass is 15.3. The van der Waals surface area contributed by atoms with E-state index in [-0.39, 0.29) is 0 Å². The standard InChI is InChI=1S/C15H26N4/c1-16-13-7-9-18(11-13)12-14-8-10-19(17-14)15-5-3-2-4-6-15/h8,10,13,15-16H,2-7,9,11-12H2,1H3. The molecule has 4 heteroatoms. The van der Waals surface area contributed by atoms with Gasteiger partial charge in [-0.1, -0.05) is 19.3 Å². The number of nitrogens with zero attached hydrogens (tertiary/aromatic N) is 3. The summed E-state index contributed by atoms with van der Waals surface area (Å²) < 4.78 is 2.22. The van der Waals surface area contributed by atoms with Gasteiger partial charge in [-0.15, -0.1) is 0 Å². The van der Waals surface area contributed by atoms with Crippen LogP contribution in [0.1, 0.15) is 50.3 Å². The summed E-state index contributed by atoms with van der Waals surface area (Å²) in [6.07, 6.45) is 10.2. The third-order valence-corrected chi connectivity index (χ3v) is 4.68. The topological polar surface area (TPSA) is 33.1 Å². The third-order valence-electron chi connectivity index (χ3n) is 4.68. The van der Waals surface area contributed by atoms with Crippen LogP contribution >= 0.6 is 0 Å². The van der Waals surface area contributed by atoms with Gasteiger partial charge in [0.15, 0.2) is 0 Å². The number of aromatic nitrogens is 2. The molecule has 4 nitrogen and oxygen atoms in total. The Morgan fingerprint density at radius 2 is 2.11 bits per heavy atom. The van der Waals surface area contributed by atoms with Gasteiger partial charge in [-0.3, -0.25) is 9.58 Å². The molecule has 1 N–H and O–H groups in total. The van der Waals surface area contributed by atoms with Crippen LogP contribution in [0.5, 0.6) is 0 Å². The average molecular weight is 262 g/mol. The number of rotatable bonds is 4. The van der Waals surface area contributed by atoms with E-state index < -0.39 is 0 Å². The Labute approximate surface area is 116 Å². The first-order chi connectivity index (χ1) is 9.35. The molecule has 1 aromatic rings. The fourth-order valence-corrected chi connectivity index (χ4v) is 3.45. The molecule has 1 saturated carbocycles. The van der Waals surface area contributed by atoms with Crippen LogP contribution in [0.3, 0.4) is 0 Å². The van der Waals surface area contributed by atoms with Gasteiger partial charge in [-0.2, -0.15) is 5.10 Å². The van der Waals surface area contributed by atoms with Gasteiger partial charge in [-0.25, -0.2) is 0 Å². The zero-order chi connectivity index (χ0) is 13.1. The molecule has 1 aliphatic heterocycles. The number of nitrogens with one attached hydrogen (secondary N) is 1. The largest absolute Gasteiger partial charge is 0.316 e. The summed E-state index contributed by atoms with van der Waals surface area (Å²) in [7, 11) is 2.06. The highest BCUT2D eigenvalue weighted by Gasteiger charge is 2.22. The van der Waals surface area contributed by atoms with Gasteiger partial charge in [0.1, 0.15) is 0 Å². The second-order valence-electron chi connectivity index (χ2n) is 6.09. The molecule has 0 aromatic carbocycles. The molecular formula is C15H26N4. The summed E-state index contributed by atoms with van der Waals surface area (Å²) in [4.78, 5) is 2.51. The lowest BCUT2D eigenvalue weighted by molar-refractivity contribution is 0.305. The average Bonchev–Trinajstić information content (AvgIpc) is 3.09. The van der Waals surface area contributed by atoms with Crippen molar-refractivity contribution in [2.75, 3.05) is 20.1 Å². The summed E-state index contributed by atoms with van der Waals surface area (Å²) >= 11 is 0. The minimum absolute atomic E-state index is 0.658. The van der Waals surface area contributed by atoms with Crippen LogP contribution in [0.4, 0.5) is 0 Å². The van der Waals surface area contributed by atoms with E-state index in [0.29, 0.717) is 12.1 Å². The first kappa shape index (κ1) is 13.1. The first-order valence-electron chi connectivity index (χ1n) is 7.79. The molecule has 106 valence electrons. The molecule has 2 fully saturated rings. The lowest BCUT2D eigenvalue weighted by Gasteiger charge is -2.22. The maximum absolute atomic E-state index is 4.80. The van der Waals surface area contributed by atoms with Crippen molar-refractivity contribution >= 4 is 0 Å². The molecule has 1 unspecified atom stereocenters. The Kier molecular flexibility index (Phi) is 4.18. The van der Waals surface area contributed by atoms with Crippen molar-refractivity contribution in [3.8, 4) is 0 Å². The second kappa shape index (κ2) is 6.06. The summed E-state index contributed by atoms with van der Waals surface area (Å²) in [6, 6.07) is 3.54. The van der Waals surface area contributed by atoms with Crippen molar-refractivity contribution in [2.45, 2.75) is 57.2 Å². The van der Waals surface area contributed by atoms with Crippen molar-refractivity contribution in [3.63, 3.8) is 0 Å². The lowest BCUT2D eigenvalue weighted by atomic mass is 9.96. The molecule has 1 aliphatic carbocycles. The highest BCUT2D eigenvalue weighted by Crippen LogP contribution is 2.27. The van der Waals surface area contributed by atoms with Crippen LogP contribution in [0.2, 0.25) is 0 Å². The van der Waals surface area contributed by atoms with E-state index in [2.05, 4.69) is 34.2 Å². The van der Waals surface area contributed by atoms with Gasteiger partial charge in [0, 0.05) is 31.9 Å². The maximum atomic E-state index is 4.80. The molecule has 1 saturated heterocycles. The van der Waals surface area contributed by atoms with Gasteiger partial charge < -0.3 is 5.32 Å². The predicted molar refractivity (Wildman–Crippen MR) is 77.1 cm³/mol. The third kappa shape index (κ3) is 3.18. The van der Waals surface area contributed by atoms with Gasteiger partial charge in [0.25, 0.3) is 0 Å². The number of hydrogen-bond donors (Lipinski definition) is 1. The number of hydrogen-bond acceptors (Lipinski definition) is 3. The first-order valence-corrected chi connectivity index (χ1v) is 7.79. The summed E-state index contributed by atoms with van der Waals surface area (Å²) in [5.41, 5.74) is 1.24. The van der Waals surface area contributed by atoms with Crippen LogP contribution < -0.4 is 5.32 Å². The molecule has 3 rings (SSSR count). The Hall–Kier alpha value is -0.870. The van der Waals surface area contributed by atoms with E-state index in [4.69, 9.17) is 5.10 Å². The van der Waals surface area contributed by atoms with Crippen LogP contribution in [0.15, 0.2) is 12.3 Å². The van der Waals surface area contributed by atoms with Gasteiger partial charge in [0.2, 0.25) is 0 Å². The van der Waals surface area contributed by atoms with Gasteiger partial charge >= 0.3 is 0 Å². The van der Waals surface area contributed by atoms with Crippen molar-refractivity contribution in [1.29, 1.82) is 0 Å². The summed E-state index contributed by atoms with van der Waals surface area (Å²) in [6.45, 7) is 3.37. The molecule has 2 heterocycles. The molecule has 0 spiro atoms. The zero-order valence-corrected chi connectivity index (χ0v) is 12.0. The predicted octanol–water partition coefficient (Wildman–Crippen LogP) is 2.18. The van der Waals surface area contributed by atoms with E-state index in [1.165, 1.54) is 50.8 Å².